The zero-order chi connectivity index (χ0) is 22.1. The van der Waals surface area contributed by atoms with Gasteiger partial charge in [0, 0.05) is 18.2 Å². The third-order valence-corrected chi connectivity index (χ3v) is 5.40. The first-order valence-corrected chi connectivity index (χ1v) is 10.2. The van der Waals surface area contributed by atoms with Crippen molar-refractivity contribution in [2.24, 2.45) is 0 Å². The van der Waals surface area contributed by atoms with Gasteiger partial charge in [0.25, 0.3) is 0 Å². The van der Waals surface area contributed by atoms with Gasteiger partial charge in [-0.25, -0.2) is 14.4 Å². The molecule has 0 radical (unpaired) electrons. The number of anilines is 3. The molecule has 1 saturated heterocycles. The predicted molar refractivity (Wildman–Crippen MR) is 121 cm³/mol. The summed E-state index contributed by atoms with van der Waals surface area (Å²) in [5, 5.41) is 0. The number of aromatic nitrogens is 4. The number of H-pyrrole nitrogens is 1. The van der Waals surface area contributed by atoms with Gasteiger partial charge < -0.3 is 26.1 Å². The van der Waals surface area contributed by atoms with Gasteiger partial charge in [-0.3, -0.25) is 0 Å². The van der Waals surface area contributed by atoms with Gasteiger partial charge in [0.2, 0.25) is 5.95 Å². The Hall–Kier alpha value is -3.98. The molecule has 1 unspecified atom stereocenters. The molecule has 8 nitrogen and oxygen atoms in total. The van der Waals surface area contributed by atoms with Crippen LogP contribution in [0, 0.1) is 5.82 Å². The average Bonchev–Trinajstić information content (AvgIpc) is 3.32. The van der Waals surface area contributed by atoms with Gasteiger partial charge in [0.15, 0.2) is 0 Å². The molecule has 0 spiro atoms. The summed E-state index contributed by atoms with van der Waals surface area (Å²) in [6.07, 6.45) is 1.55. The van der Waals surface area contributed by atoms with Crippen molar-refractivity contribution in [3.05, 3.63) is 72.4 Å². The molecule has 9 heteroatoms. The fraction of sp³-hybridized carbons (Fsp3) is 0.174. The SMILES string of the molecule is Nc1nc(-c2ccc(N)c(F)c2)cc(N2CCOC(c3ncc(-c4ccccc4)[nH]3)C2)n1. The molecule has 2 aromatic carbocycles. The Labute approximate surface area is 184 Å². The van der Waals surface area contributed by atoms with E-state index in [0.717, 1.165) is 17.1 Å². The number of ether oxygens (including phenoxy) is 1. The maximum atomic E-state index is 13.9. The Kier molecular flexibility index (Phi) is 5.16. The van der Waals surface area contributed by atoms with Gasteiger partial charge in [0.1, 0.15) is 23.6 Å². The van der Waals surface area contributed by atoms with Crippen LogP contribution in [0.25, 0.3) is 22.5 Å². The van der Waals surface area contributed by atoms with Crippen LogP contribution in [0.15, 0.2) is 60.8 Å². The van der Waals surface area contributed by atoms with Crippen LogP contribution in [-0.2, 0) is 4.74 Å². The third-order valence-electron chi connectivity index (χ3n) is 5.40. The largest absolute Gasteiger partial charge is 0.396 e. The zero-order valence-electron chi connectivity index (χ0n) is 17.2. The predicted octanol–water partition coefficient (Wildman–Crippen LogP) is 3.42. The molecule has 0 saturated carbocycles. The minimum Gasteiger partial charge on any atom is -0.396 e. The zero-order valence-corrected chi connectivity index (χ0v) is 17.2. The third kappa shape index (κ3) is 3.97. The van der Waals surface area contributed by atoms with Crippen LogP contribution in [0.4, 0.5) is 21.8 Å². The molecule has 0 bridgehead atoms. The number of imidazole rings is 1. The van der Waals surface area contributed by atoms with Gasteiger partial charge in [0.05, 0.1) is 36.4 Å². The van der Waals surface area contributed by atoms with Crippen LogP contribution in [-0.4, -0.2) is 39.6 Å². The Morgan fingerprint density at radius 1 is 1.03 bits per heavy atom. The molecule has 5 rings (SSSR count). The minimum absolute atomic E-state index is 0.0837. The number of aromatic amines is 1. The van der Waals surface area contributed by atoms with Crippen molar-refractivity contribution in [1.82, 2.24) is 19.9 Å². The lowest BCUT2D eigenvalue weighted by Gasteiger charge is -2.33. The van der Waals surface area contributed by atoms with Gasteiger partial charge in [-0.1, -0.05) is 36.4 Å². The smallest absolute Gasteiger partial charge is 0.222 e. The number of hydrogen-bond donors (Lipinski definition) is 3. The number of nitrogens with one attached hydrogen (secondary N) is 1. The van der Waals surface area contributed by atoms with Crippen LogP contribution >= 0.6 is 0 Å². The molecular formula is C23H22FN7O. The maximum absolute atomic E-state index is 13.9. The molecule has 1 aliphatic heterocycles. The monoisotopic (exact) mass is 431 g/mol. The van der Waals surface area contributed by atoms with Crippen molar-refractivity contribution in [2.45, 2.75) is 6.10 Å². The fourth-order valence-electron chi connectivity index (χ4n) is 3.74. The summed E-state index contributed by atoms with van der Waals surface area (Å²) in [4.78, 5) is 18.6. The van der Waals surface area contributed by atoms with Gasteiger partial charge in [-0.05, 0) is 17.7 Å². The van der Waals surface area contributed by atoms with E-state index in [1.165, 1.54) is 12.1 Å². The van der Waals surface area contributed by atoms with Gasteiger partial charge >= 0.3 is 0 Å². The second kappa shape index (κ2) is 8.27. The second-order valence-electron chi connectivity index (χ2n) is 7.56. The summed E-state index contributed by atoms with van der Waals surface area (Å²) in [5.41, 5.74) is 14.7. The summed E-state index contributed by atoms with van der Waals surface area (Å²) in [7, 11) is 0. The number of benzene rings is 2. The van der Waals surface area contributed by atoms with Crippen molar-refractivity contribution < 1.29 is 9.13 Å². The van der Waals surface area contributed by atoms with E-state index in [2.05, 4.69) is 24.8 Å². The van der Waals surface area contributed by atoms with E-state index in [1.807, 2.05) is 36.5 Å². The molecule has 1 aliphatic rings. The first-order valence-electron chi connectivity index (χ1n) is 10.2. The van der Waals surface area contributed by atoms with Crippen LogP contribution in [0.2, 0.25) is 0 Å². The van der Waals surface area contributed by atoms with E-state index in [-0.39, 0.29) is 17.7 Å². The first kappa shape index (κ1) is 20.0. The number of rotatable bonds is 4. The van der Waals surface area contributed by atoms with Crippen molar-refractivity contribution in [1.29, 1.82) is 0 Å². The van der Waals surface area contributed by atoms with Gasteiger partial charge in [-0.15, -0.1) is 0 Å². The van der Waals surface area contributed by atoms with Crippen molar-refractivity contribution >= 4 is 17.5 Å². The van der Waals surface area contributed by atoms with Crippen LogP contribution in [0.1, 0.15) is 11.9 Å². The summed E-state index contributed by atoms with van der Waals surface area (Å²) in [5.74, 6) is 1.01. The summed E-state index contributed by atoms with van der Waals surface area (Å²) >= 11 is 0. The summed E-state index contributed by atoms with van der Waals surface area (Å²) in [6, 6.07) is 16.3. The Bertz CT molecular complexity index is 1240. The molecule has 0 amide bonds. The average molecular weight is 431 g/mol. The molecule has 32 heavy (non-hydrogen) atoms. The summed E-state index contributed by atoms with van der Waals surface area (Å²) in [6.45, 7) is 1.67. The van der Waals surface area contributed by atoms with E-state index in [1.54, 1.807) is 12.1 Å². The van der Waals surface area contributed by atoms with Crippen LogP contribution in [0.5, 0.6) is 0 Å². The number of hydrogen-bond acceptors (Lipinski definition) is 7. The highest BCUT2D eigenvalue weighted by Gasteiger charge is 2.26. The molecular weight excluding hydrogens is 409 g/mol. The lowest BCUT2D eigenvalue weighted by Crippen LogP contribution is -2.39. The molecule has 1 fully saturated rings. The topological polar surface area (TPSA) is 119 Å². The highest BCUT2D eigenvalue weighted by molar-refractivity contribution is 5.66. The molecule has 2 aromatic heterocycles. The van der Waals surface area contributed by atoms with Crippen LogP contribution < -0.4 is 16.4 Å². The molecule has 162 valence electrons. The minimum atomic E-state index is -0.500. The van der Waals surface area contributed by atoms with E-state index in [9.17, 15) is 4.39 Å². The first-order chi connectivity index (χ1) is 15.6. The molecule has 3 heterocycles. The Balaban J connectivity index is 1.39. The number of halogens is 1. The number of nitrogen functional groups attached to an aromatic ring is 2. The quantitative estimate of drug-likeness (QED) is 0.424. The highest BCUT2D eigenvalue weighted by Crippen LogP contribution is 2.29. The van der Waals surface area contributed by atoms with Gasteiger partial charge in [-0.2, -0.15) is 4.98 Å². The summed E-state index contributed by atoms with van der Waals surface area (Å²) < 4.78 is 19.9. The lowest BCUT2D eigenvalue weighted by molar-refractivity contribution is 0.0343. The van der Waals surface area contributed by atoms with Crippen LogP contribution in [0.3, 0.4) is 0 Å². The Morgan fingerprint density at radius 3 is 2.69 bits per heavy atom. The highest BCUT2D eigenvalue weighted by atomic mass is 19.1. The fourth-order valence-corrected chi connectivity index (χ4v) is 3.74. The molecule has 4 aromatic rings. The normalized spacial score (nSPS) is 16.3. The van der Waals surface area contributed by atoms with E-state index >= 15 is 0 Å². The molecule has 0 aliphatic carbocycles. The number of morpholine rings is 1. The lowest BCUT2D eigenvalue weighted by atomic mass is 10.1. The number of nitrogens with two attached hydrogens (primary N) is 2. The standard InChI is InChI=1S/C23H22FN7O/c24-16-10-15(6-7-17(16)25)18-11-21(30-23(26)29-18)31-8-9-32-20(13-31)22-27-12-19(28-22)14-4-2-1-3-5-14/h1-7,10-12,20H,8-9,13,25H2,(H,27,28)(H2,26,29,30). The Morgan fingerprint density at radius 2 is 1.88 bits per heavy atom. The maximum Gasteiger partial charge on any atom is 0.222 e. The second-order valence-corrected chi connectivity index (χ2v) is 7.56. The van der Waals surface area contributed by atoms with E-state index in [4.69, 9.17) is 16.2 Å². The molecule has 5 N–H and O–H groups in total. The van der Waals surface area contributed by atoms with Crippen molar-refractivity contribution in [2.75, 3.05) is 36.1 Å². The van der Waals surface area contributed by atoms with E-state index < -0.39 is 5.82 Å². The van der Waals surface area contributed by atoms with E-state index in [0.29, 0.717) is 36.8 Å². The van der Waals surface area contributed by atoms with Crippen molar-refractivity contribution in [3.8, 4) is 22.5 Å². The number of nitrogens with zero attached hydrogens (tertiary/aromatic N) is 4. The van der Waals surface area contributed by atoms with Crippen molar-refractivity contribution in [3.63, 3.8) is 0 Å². The molecule has 1 atom stereocenters.